The maximum absolute atomic E-state index is 11.2. The van der Waals surface area contributed by atoms with Crippen molar-refractivity contribution in [3.8, 4) is 0 Å². The van der Waals surface area contributed by atoms with Crippen molar-refractivity contribution in [2.75, 3.05) is 0 Å². The maximum Gasteiger partial charge on any atom is 0.267 e. The van der Waals surface area contributed by atoms with E-state index in [1.54, 1.807) is 0 Å². The number of unbranched alkanes of at least 4 members (excludes halogenated alkanes) is 6. The predicted molar refractivity (Wildman–Crippen MR) is 72.9 cm³/mol. The molecule has 0 saturated carbocycles. The molecule has 0 amide bonds. The van der Waals surface area contributed by atoms with Crippen molar-refractivity contribution >= 4 is 10.1 Å². The second-order valence-electron chi connectivity index (χ2n) is 4.84. The fourth-order valence-electron chi connectivity index (χ4n) is 2.04. The van der Waals surface area contributed by atoms with Gasteiger partial charge in [0, 0.05) is 0 Å². The summed E-state index contributed by atoms with van der Waals surface area (Å²) in [7, 11) is -3.84. The molecule has 0 rings (SSSR count). The van der Waals surface area contributed by atoms with Crippen molar-refractivity contribution in [3.05, 3.63) is 0 Å². The van der Waals surface area contributed by atoms with Crippen LogP contribution in [0.4, 0.5) is 0 Å². The topological polar surface area (TPSA) is 54.4 Å². The Labute approximate surface area is 107 Å². The van der Waals surface area contributed by atoms with E-state index in [1.807, 2.05) is 0 Å². The molecule has 0 saturated heterocycles. The molecule has 0 aliphatic carbocycles. The van der Waals surface area contributed by atoms with Crippen LogP contribution in [-0.4, -0.2) is 18.2 Å². The molecule has 0 fully saturated rings. The molecule has 0 aliphatic rings. The van der Waals surface area contributed by atoms with Crippen LogP contribution in [0.5, 0.6) is 0 Å². The molecule has 0 aromatic rings. The van der Waals surface area contributed by atoms with Crippen LogP contribution in [0.2, 0.25) is 0 Å². The zero-order valence-electron chi connectivity index (χ0n) is 11.3. The summed E-state index contributed by atoms with van der Waals surface area (Å²) in [5, 5.41) is -0.532. The standard InChI is InChI=1S/C13H28O3S/c1-3-5-7-8-10-12-13(17(14,15)16)11-9-6-4-2/h13H,3-12H2,1-2H3,(H,14,15,16). The fourth-order valence-corrected chi connectivity index (χ4v) is 2.97. The third kappa shape index (κ3) is 9.60. The van der Waals surface area contributed by atoms with E-state index < -0.39 is 15.4 Å². The Kier molecular flexibility index (Phi) is 9.84. The van der Waals surface area contributed by atoms with Gasteiger partial charge in [-0.15, -0.1) is 0 Å². The van der Waals surface area contributed by atoms with Gasteiger partial charge in [-0.2, -0.15) is 8.42 Å². The van der Waals surface area contributed by atoms with Crippen molar-refractivity contribution in [2.45, 2.75) is 83.3 Å². The summed E-state index contributed by atoms with van der Waals surface area (Å²) in [4.78, 5) is 0. The molecule has 0 aliphatic heterocycles. The monoisotopic (exact) mass is 264 g/mol. The van der Waals surface area contributed by atoms with E-state index in [4.69, 9.17) is 4.55 Å². The summed E-state index contributed by atoms with van der Waals surface area (Å²) in [6.45, 7) is 4.25. The SMILES string of the molecule is CCCCCCCC(CCCCC)S(=O)(=O)O. The van der Waals surface area contributed by atoms with Gasteiger partial charge in [0.2, 0.25) is 0 Å². The lowest BCUT2D eigenvalue weighted by molar-refractivity contribution is 0.444. The smallest absolute Gasteiger partial charge is 0.267 e. The molecule has 0 aromatic heterocycles. The Hall–Kier alpha value is -0.0900. The van der Waals surface area contributed by atoms with Gasteiger partial charge >= 0.3 is 0 Å². The molecular weight excluding hydrogens is 236 g/mol. The van der Waals surface area contributed by atoms with E-state index in [9.17, 15) is 8.42 Å². The van der Waals surface area contributed by atoms with Gasteiger partial charge in [0.05, 0.1) is 5.25 Å². The molecule has 1 unspecified atom stereocenters. The normalized spacial score (nSPS) is 13.8. The first-order valence-electron chi connectivity index (χ1n) is 6.98. The lowest BCUT2D eigenvalue weighted by Crippen LogP contribution is -2.20. The predicted octanol–water partition coefficient (Wildman–Crippen LogP) is 4.18. The number of hydrogen-bond acceptors (Lipinski definition) is 2. The van der Waals surface area contributed by atoms with E-state index >= 15 is 0 Å². The molecule has 104 valence electrons. The Bertz CT molecular complexity index is 260. The van der Waals surface area contributed by atoms with Crippen LogP contribution in [0.15, 0.2) is 0 Å². The van der Waals surface area contributed by atoms with E-state index in [2.05, 4.69) is 13.8 Å². The molecule has 1 atom stereocenters. The Morgan fingerprint density at radius 3 is 1.71 bits per heavy atom. The average Bonchev–Trinajstić information content (AvgIpc) is 2.25. The van der Waals surface area contributed by atoms with Crippen LogP contribution in [-0.2, 0) is 10.1 Å². The molecular formula is C13H28O3S. The molecule has 0 heterocycles. The van der Waals surface area contributed by atoms with Gasteiger partial charge in [-0.25, -0.2) is 0 Å². The number of rotatable bonds is 11. The minimum Gasteiger partial charge on any atom is -0.285 e. The van der Waals surface area contributed by atoms with Crippen LogP contribution in [0, 0.1) is 0 Å². The number of hydrogen-bond donors (Lipinski definition) is 1. The highest BCUT2D eigenvalue weighted by Gasteiger charge is 2.21. The third-order valence-electron chi connectivity index (χ3n) is 3.18. The van der Waals surface area contributed by atoms with Gasteiger partial charge in [-0.3, -0.25) is 4.55 Å². The second-order valence-corrected chi connectivity index (χ2v) is 6.53. The van der Waals surface area contributed by atoms with E-state index in [-0.39, 0.29) is 0 Å². The summed E-state index contributed by atoms with van der Waals surface area (Å²) in [5.74, 6) is 0. The molecule has 0 spiro atoms. The highest BCUT2D eigenvalue weighted by Crippen LogP contribution is 2.18. The molecule has 0 bridgehead atoms. The Morgan fingerprint density at radius 1 is 0.824 bits per heavy atom. The quantitative estimate of drug-likeness (QED) is 0.450. The molecule has 3 nitrogen and oxygen atoms in total. The molecule has 0 aromatic carbocycles. The van der Waals surface area contributed by atoms with E-state index in [1.165, 1.54) is 19.3 Å². The van der Waals surface area contributed by atoms with E-state index in [0.717, 1.165) is 32.1 Å². The fraction of sp³-hybridized carbons (Fsp3) is 1.00. The molecule has 17 heavy (non-hydrogen) atoms. The van der Waals surface area contributed by atoms with Gasteiger partial charge in [0.25, 0.3) is 10.1 Å². The Balaban J connectivity index is 3.87. The van der Waals surface area contributed by atoms with Gasteiger partial charge < -0.3 is 0 Å². The van der Waals surface area contributed by atoms with Crippen LogP contribution >= 0.6 is 0 Å². The lowest BCUT2D eigenvalue weighted by atomic mass is 10.1. The van der Waals surface area contributed by atoms with Gasteiger partial charge in [-0.1, -0.05) is 65.2 Å². The summed E-state index contributed by atoms with van der Waals surface area (Å²) < 4.78 is 31.6. The summed E-state index contributed by atoms with van der Waals surface area (Å²) in [6.07, 6.45) is 9.82. The minimum absolute atomic E-state index is 0.532. The summed E-state index contributed by atoms with van der Waals surface area (Å²) >= 11 is 0. The Morgan fingerprint density at radius 2 is 1.24 bits per heavy atom. The largest absolute Gasteiger partial charge is 0.285 e. The third-order valence-corrected chi connectivity index (χ3v) is 4.49. The first kappa shape index (κ1) is 16.9. The molecule has 0 radical (unpaired) electrons. The van der Waals surface area contributed by atoms with Crippen LogP contribution < -0.4 is 0 Å². The van der Waals surface area contributed by atoms with Crippen LogP contribution in [0.3, 0.4) is 0 Å². The zero-order valence-corrected chi connectivity index (χ0v) is 12.1. The first-order chi connectivity index (χ1) is 8.02. The average molecular weight is 264 g/mol. The molecule has 1 N–H and O–H groups in total. The maximum atomic E-state index is 11.2. The van der Waals surface area contributed by atoms with Gasteiger partial charge in [0.1, 0.15) is 0 Å². The first-order valence-corrected chi connectivity index (χ1v) is 8.49. The van der Waals surface area contributed by atoms with Crippen molar-refractivity contribution in [1.82, 2.24) is 0 Å². The van der Waals surface area contributed by atoms with Crippen molar-refractivity contribution in [1.29, 1.82) is 0 Å². The van der Waals surface area contributed by atoms with Gasteiger partial charge in [-0.05, 0) is 12.8 Å². The van der Waals surface area contributed by atoms with Gasteiger partial charge in [0.15, 0.2) is 0 Å². The minimum atomic E-state index is -3.84. The summed E-state index contributed by atoms with van der Waals surface area (Å²) in [5.41, 5.74) is 0. The summed E-state index contributed by atoms with van der Waals surface area (Å²) in [6, 6.07) is 0. The highest BCUT2D eigenvalue weighted by molar-refractivity contribution is 7.86. The van der Waals surface area contributed by atoms with Crippen molar-refractivity contribution < 1.29 is 13.0 Å². The van der Waals surface area contributed by atoms with Crippen molar-refractivity contribution in [3.63, 3.8) is 0 Å². The van der Waals surface area contributed by atoms with Crippen LogP contribution in [0.25, 0.3) is 0 Å². The van der Waals surface area contributed by atoms with Crippen LogP contribution in [0.1, 0.15) is 78.1 Å². The zero-order chi connectivity index (χ0) is 13.1. The second kappa shape index (κ2) is 9.89. The highest BCUT2D eigenvalue weighted by atomic mass is 32.2. The lowest BCUT2D eigenvalue weighted by Gasteiger charge is -2.13. The molecule has 4 heteroatoms. The van der Waals surface area contributed by atoms with E-state index in [0.29, 0.717) is 12.8 Å². The van der Waals surface area contributed by atoms with Crippen molar-refractivity contribution in [2.24, 2.45) is 0 Å².